The fraction of sp³-hybridized carbons (Fsp3) is 0.286. The van der Waals surface area contributed by atoms with Gasteiger partial charge in [0.05, 0.1) is 30.5 Å². The second kappa shape index (κ2) is 8.60. The molecule has 1 aliphatic carbocycles. The van der Waals surface area contributed by atoms with Crippen LogP contribution in [0.15, 0.2) is 53.6 Å². The summed E-state index contributed by atoms with van der Waals surface area (Å²) < 4.78 is 40.8. The summed E-state index contributed by atoms with van der Waals surface area (Å²) in [6.07, 6.45) is 3.77. The summed E-state index contributed by atoms with van der Waals surface area (Å²) >= 11 is 0. The van der Waals surface area contributed by atoms with Gasteiger partial charge in [0.2, 0.25) is 10.0 Å². The second-order valence-corrected chi connectivity index (χ2v) is 9.11. The van der Waals surface area contributed by atoms with E-state index in [1.54, 1.807) is 24.4 Å². The Hall–Kier alpha value is -3.44. The number of ether oxygens (including phenoxy) is 2. The Kier molecular flexibility index (Phi) is 5.85. The number of methoxy groups -OCH3 is 2. The largest absolute Gasteiger partial charge is 0.497 e. The van der Waals surface area contributed by atoms with Crippen molar-refractivity contribution in [2.75, 3.05) is 14.2 Å². The van der Waals surface area contributed by atoms with Gasteiger partial charge in [-0.1, -0.05) is 6.07 Å². The molecule has 168 valence electrons. The molecule has 10 nitrogen and oxygen atoms in total. The molecule has 11 heteroatoms. The van der Waals surface area contributed by atoms with E-state index in [0.29, 0.717) is 23.0 Å². The number of nitro benzene ring substituents is 1. The van der Waals surface area contributed by atoms with Crippen molar-refractivity contribution < 1.29 is 22.8 Å². The Morgan fingerprint density at radius 2 is 1.94 bits per heavy atom. The van der Waals surface area contributed by atoms with Crippen molar-refractivity contribution >= 4 is 15.7 Å². The molecule has 0 saturated heterocycles. The van der Waals surface area contributed by atoms with Crippen molar-refractivity contribution in [1.82, 2.24) is 14.5 Å². The molecular weight excluding hydrogens is 436 g/mol. The minimum atomic E-state index is -4.13. The van der Waals surface area contributed by atoms with E-state index in [4.69, 9.17) is 9.47 Å². The van der Waals surface area contributed by atoms with Gasteiger partial charge in [0.15, 0.2) is 0 Å². The van der Waals surface area contributed by atoms with Crippen LogP contribution < -0.4 is 14.2 Å². The maximum atomic E-state index is 13.2. The molecule has 32 heavy (non-hydrogen) atoms. The number of hydrogen-bond acceptors (Lipinski definition) is 7. The Morgan fingerprint density at radius 3 is 2.59 bits per heavy atom. The fourth-order valence-corrected chi connectivity index (χ4v) is 4.55. The molecular formula is C21H22N4O6S. The first kappa shape index (κ1) is 21.8. The van der Waals surface area contributed by atoms with Gasteiger partial charge in [0, 0.05) is 42.4 Å². The molecule has 1 aliphatic rings. The lowest BCUT2D eigenvalue weighted by Crippen LogP contribution is -2.25. The second-order valence-electron chi connectivity index (χ2n) is 7.37. The standard InChI is InChI=1S/C21H22N4O6S/c1-30-17-7-5-15(20(12-17)31-2)13-22-32(28,29)21-11-16(25(26)27)6-8-19(21)24-10-9-18(23-24)14-3-4-14/h5-12,14,22H,3-4,13H2,1-2H3. The van der Waals surface area contributed by atoms with Gasteiger partial charge in [-0.05, 0) is 31.0 Å². The summed E-state index contributed by atoms with van der Waals surface area (Å²) in [5.74, 6) is 1.40. The maximum absolute atomic E-state index is 13.2. The molecule has 4 rings (SSSR count). The van der Waals surface area contributed by atoms with E-state index >= 15 is 0 Å². The van der Waals surface area contributed by atoms with Crippen LogP contribution in [0.4, 0.5) is 5.69 Å². The first-order valence-corrected chi connectivity index (χ1v) is 11.4. The zero-order chi connectivity index (χ0) is 22.9. The van der Waals surface area contributed by atoms with Gasteiger partial charge >= 0.3 is 0 Å². The number of hydrogen-bond donors (Lipinski definition) is 1. The highest BCUT2D eigenvalue weighted by Crippen LogP contribution is 2.39. The maximum Gasteiger partial charge on any atom is 0.270 e. The van der Waals surface area contributed by atoms with E-state index in [1.165, 1.54) is 31.0 Å². The smallest absolute Gasteiger partial charge is 0.270 e. The summed E-state index contributed by atoms with van der Waals surface area (Å²) in [4.78, 5) is 10.4. The minimum absolute atomic E-state index is 0.0793. The fourth-order valence-electron chi connectivity index (χ4n) is 3.34. The predicted molar refractivity (Wildman–Crippen MR) is 116 cm³/mol. The van der Waals surface area contributed by atoms with E-state index < -0.39 is 14.9 Å². The lowest BCUT2D eigenvalue weighted by Gasteiger charge is -2.14. The molecule has 1 aromatic heterocycles. The van der Waals surface area contributed by atoms with E-state index in [1.807, 2.05) is 6.07 Å². The normalized spacial score (nSPS) is 13.7. The number of nitrogens with one attached hydrogen (secondary N) is 1. The van der Waals surface area contributed by atoms with Crippen molar-refractivity contribution in [2.24, 2.45) is 0 Å². The van der Waals surface area contributed by atoms with Crippen LogP contribution in [0.2, 0.25) is 0 Å². The van der Waals surface area contributed by atoms with Crippen LogP contribution in [-0.4, -0.2) is 37.3 Å². The Labute approximate surface area is 185 Å². The summed E-state index contributed by atoms with van der Waals surface area (Å²) in [7, 11) is -1.14. The number of sulfonamides is 1. The van der Waals surface area contributed by atoms with E-state index in [0.717, 1.165) is 24.6 Å². The molecule has 1 heterocycles. The van der Waals surface area contributed by atoms with Gasteiger partial charge in [0.1, 0.15) is 16.4 Å². The molecule has 0 radical (unpaired) electrons. The third-order valence-corrected chi connectivity index (χ3v) is 6.67. The third kappa shape index (κ3) is 4.43. The van der Waals surface area contributed by atoms with Crippen molar-refractivity contribution in [3.05, 3.63) is 70.0 Å². The molecule has 0 spiro atoms. The van der Waals surface area contributed by atoms with Crippen LogP contribution >= 0.6 is 0 Å². The van der Waals surface area contributed by atoms with Crippen molar-refractivity contribution in [3.8, 4) is 17.2 Å². The first-order chi connectivity index (χ1) is 15.3. The Bertz CT molecular complexity index is 1270. The molecule has 0 unspecified atom stereocenters. The predicted octanol–water partition coefficient (Wildman–Crippen LogP) is 3.15. The van der Waals surface area contributed by atoms with Gasteiger partial charge in [-0.15, -0.1) is 0 Å². The van der Waals surface area contributed by atoms with Gasteiger partial charge in [-0.2, -0.15) is 5.10 Å². The van der Waals surface area contributed by atoms with Crippen molar-refractivity contribution in [1.29, 1.82) is 0 Å². The number of non-ortho nitro benzene ring substituents is 1. The number of rotatable bonds is 9. The molecule has 0 atom stereocenters. The quantitative estimate of drug-likeness (QED) is 0.386. The molecule has 0 amide bonds. The molecule has 0 bridgehead atoms. The SMILES string of the molecule is COc1ccc(CNS(=O)(=O)c2cc([N+](=O)[O-])ccc2-n2ccc(C3CC3)n2)c(OC)c1. The van der Waals surface area contributed by atoms with Crippen molar-refractivity contribution in [2.45, 2.75) is 30.2 Å². The van der Waals surface area contributed by atoms with E-state index in [-0.39, 0.29) is 22.8 Å². The molecule has 0 aliphatic heterocycles. The van der Waals surface area contributed by atoms with Crippen LogP contribution in [0.3, 0.4) is 0 Å². The average Bonchev–Trinajstić information content (AvgIpc) is 3.53. The molecule has 1 N–H and O–H groups in total. The number of nitrogens with zero attached hydrogens (tertiary/aromatic N) is 3. The highest BCUT2D eigenvalue weighted by molar-refractivity contribution is 7.89. The molecule has 2 aromatic carbocycles. The zero-order valence-electron chi connectivity index (χ0n) is 17.5. The summed E-state index contributed by atoms with van der Waals surface area (Å²) in [6, 6.07) is 10.6. The van der Waals surface area contributed by atoms with Crippen LogP contribution in [0.1, 0.15) is 30.0 Å². The van der Waals surface area contributed by atoms with Crippen LogP contribution in [0.5, 0.6) is 11.5 Å². The van der Waals surface area contributed by atoms with Gasteiger partial charge in [-0.25, -0.2) is 17.8 Å². The number of nitro groups is 1. The third-order valence-electron chi connectivity index (χ3n) is 5.24. The first-order valence-electron chi connectivity index (χ1n) is 9.87. The number of benzene rings is 2. The molecule has 1 fully saturated rings. The Balaban J connectivity index is 1.68. The topological polar surface area (TPSA) is 126 Å². The van der Waals surface area contributed by atoms with Crippen LogP contribution in [0, 0.1) is 10.1 Å². The highest BCUT2D eigenvalue weighted by Gasteiger charge is 2.28. The Morgan fingerprint density at radius 1 is 1.16 bits per heavy atom. The highest BCUT2D eigenvalue weighted by atomic mass is 32.2. The minimum Gasteiger partial charge on any atom is -0.497 e. The van der Waals surface area contributed by atoms with Crippen LogP contribution in [-0.2, 0) is 16.6 Å². The lowest BCUT2D eigenvalue weighted by atomic mass is 10.2. The van der Waals surface area contributed by atoms with Crippen molar-refractivity contribution in [3.63, 3.8) is 0 Å². The summed E-state index contributed by atoms with van der Waals surface area (Å²) in [5.41, 5.74) is 1.36. The average molecular weight is 458 g/mol. The van der Waals surface area contributed by atoms with Gasteiger partial charge in [-0.3, -0.25) is 10.1 Å². The van der Waals surface area contributed by atoms with Crippen LogP contribution in [0.25, 0.3) is 5.69 Å². The summed E-state index contributed by atoms with van der Waals surface area (Å²) in [6.45, 7) is -0.0793. The summed E-state index contributed by atoms with van der Waals surface area (Å²) in [5, 5.41) is 15.8. The monoisotopic (exact) mass is 458 g/mol. The lowest BCUT2D eigenvalue weighted by molar-refractivity contribution is -0.385. The molecule has 1 saturated carbocycles. The van der Waals surface area contributed by atoms with Gasteiger partial charge < -0.3 is 9.47 Å². The molecule has 3 aromatic rings. The van der Waals surface area contributed by atoms with E-state index in [2.05, 4.69) is 9.82 Å². The zero-order valence-corrected chi connectivity index (χ0v) is 18.3. The number of aromatic nitrogens is 2. The van der Waals surface area contributed by atoms with Gasteiger partial charge in [0.25, 0.3) is 5.69 Å². The van der Waals surface area contributed by atoms with E-state index in [9.17, 15) is 18.5 Å².